The molecule has 0 aliphatic carbocycles. The Labute approximate surface area is 88.0 Å². The molecule has 84 valence electrons. The highest BCUT2D eigenvalue weighted by Crippen LogP contribution is 2.32. The van der Waals surface area contributed by atoms with Gasteiger partial charge in [0.15, 0.2) is 5.79 Å². The summed E-state index contributed by atoms with van der Waals surface area (Å²) in [6.07, 6.45) is 3.08. The fourth-order valence-electron chi connectivity index (χ4n) is 2.18. The van der Waals surface area contributed by atoms with Crippen molar-refractivity contribution >= 4 is 0 Å². The van der Waals surface area contributed by atoms with Gasteiger partial charge in [-0.15, -0.1) is 0 Å². The normalized spacial score (nSPS) is 21.9. The van der Waals surface area contributed by atoms with Crippen LogP contribution in [0.2, 0.25) is 0 Å². The fraction of sp³-hybridized carbons (Fsp3) is 1.00. The third-order valence-corrected chi connectivity index (χ3v) is 2.46. The maximum atomic E-state index is 5.86. The van der Waals surface area contributed by atoms with Gasteiger partial charge >= 0.3 is 0 Å². The molecule has 1 aliphatic heterocycles. The minimum atomic E-state index is -0.277. The Morgan fingerprint density at radius 2 is 1.36 bits per heavy atom. The van der Waals surface area contributed by atoms with Crippen molar-refractivity contribution in [3.63, 3.8) is 0 Å². The van der Waals surface area contributed by atoms with Crippen LogP contribution in [-0.2, 0) is 9.47 Å². The summed E-state index contributed by atoms with van der Waals surface area (Å²) in [7, 11) is 0. The fourth-order valence-corrected chi connectivity index (χ4v) is 2.18. The molecule has 2 heteroatoms. The Hall–Kier alpha value is -0.0800. The highest BCUT2D eigenvalue weighted by molar-refractivity contribution is 4.76. The molecule has 2 nitrogen and oxygen atoms in total. The highest BCUT2D eigenvalue weighted by atomic mass is 16.7. The summed E-state index contributed by atoms with van der Waals surface area (Å²) in [5.41, 5.74) is 0. The van der Waals surface area contributed by atoms with Crippen molar-refractivity contribution < 1.29 is 9.47 Å². The van der Waals surface area contributed by atoms with Crippen LogP contribution >= 0.6 is 0 Å². The first kappa shape index (κ1) is 12.0. The maximum Gasteiger partial charge on any atom is 0.168 e. The molecular weight excluding hydrogens is 176 g/mol. The summed E-state index contributed by atoms with van der Waals surface area (Å²) in [5, 5.41) is 0. The zero-order chi connectivity index (χ0) is 10.6. The molecule has 0 aromatic rings. The third kappa shape index (κ3) is 3.58. The molecule has 0 amide bonds. The maximum absolute atomic E-state index is 5.86. The number of ether oxygens (including phenoxy) is 2. The second-order valence-electron chi connectivity index (χ2n) is 5.16. The average Bonchev–Trinajstić information content (AvgIpc) is 2.01. The molecule has 0 atom stereocenters. The van der Waals surface area contributed by atoms with Gasteiger partial charge in [0.2, 0.25) is 0 Å². The molecule has 0 N–H and O–H groups in total. The van der Waals surface area contributed by atoms with E-state index < -0.39 is 0 Å². The minimum absolute atomic E-state index is 0.277. The van der Waals surface area contributed by atoms with Crippen LogP contribution in [0.4, 0.5) is 0 Å². The second-order valence-corrected chi connectivity index (χ2v) is 5.16. The molecule has 1 rings (SSSR count). The van der Waals surface area contributed by atoms with E-state index in [4.69, 9.17) is 9.47 Å². The number of hydrogen-bond acceptors (Lipinski definition) is 2. The Bertz CT molecular complexity index is 146. The first-order valence-corrected chi connectivity index (χ1v) is 5.82. The SMILES string of the molecule is CC(C)CC1(CC(C)C)OCCCO1. The Morgan fingerprint density at radius 1 is 0.929 bits per heavy atom. The Balaban J connectivity index is 2.57. The minimum Gasteiger partial charge on any atom is -0.350 e. The van der Waals surface area contributed by atoms with Gasteiger partial charge < -0.3 is 9.47 Å². The summed E-state index contributed by atoms with van der Waals surface area (Å²) < 4.78 is 11.7. The quantitative estimate of drug-likeness (QED) is 0.693. The molecule has 1 fully saturated rings. The van der Waals surface area contributed by atoms with E-state index in [1.807, 2.05) is 0 Å². The van der Waals surface area contributed by atoms with Crippen LogP contribution < -0.4 is 0 Å². The zero-order valence-electron chi connectivity index (χ0n) is 10.0. The van der Waals surface area contributed by atoms with Gasteiger partial charge in [-0.25, -0.2) is 0 Å². The van der Waals surface area contributed by atoms with Crippen molar-refractivity contribution in [3.8, 4) is 0 Å². The van der Waals surface area contributed by atoms with E-state index in [-0.39, 0.29) is 5.79 Å². The first-order valence-electron chi connectivity index (χ1n) is 5.82. The lowest BCUT2D eigenvalue weighted by Crippen LogP contribution is -2.42. The smallest absolute Gasteiger partial charge is 0.168 e. The van der Waals surface area contributed by atoms with Crippen molar-refractivity contribution in [1.29, 1.82) is 0 Å². The third-order valence-electron chi connectivity index (χ3n) is 2.46. The number of hydrogen-bond donors (Lipinski definition) is 0. The van der Waals surface area contributed by atoms with Crippen LogP contribution in [0.15, 0.2) is 0 Å². The molecule has 0 unspecified atom stereocenters. The van der Waals surface area contributed by atoms with Gasteiger partial charge in [-0.3, -0.25) is 0 Å². The van der Waals surface area contributed by atoms with Gasteiger partial charge in [0.25, 0.3) is 0 Å². The molecule has 14 heavy (non-hydrogen) atoms. The van der Waals surface area contributed by atoms with Crippen LogP contribution in [0.1, 0.15) is 47.0 Å². The van der Waals surface area contributed by atoms with E-state index in [2.05, 4.69) is 27.7 Å². The summed E-state index contributed by atoms with van der Waals surface area (Å²) in [5.74, 6) is 0.985. The van der Waals surface area contributed by atoms with Crippen LogP contribution in [0.3, 0.4) is 0 Å². The standard InChI is InChI=1S/C12H24O2/c1-10(2)8-12(9-11(3)4)13-6-5-7-14-12/h10-11H,5-9H2,1-4H3. The molecule has 0 spiro atoms. The largest absolute Gasteiger partial charge is 0.350 e. The molecule has 0 bridgehead atoms. The molecule has 0 aromatic heterocycles. The predicted octanol–water partition coefficient (Wildman–Crippen LogP) is 3.21. The van der Waals surface area contributed by atoms with Gasteiger partial charge in [-0.1, -0.05) is 27.7 Å². The zero-order valence-corrected chi connectivity index (χ0v) is 10.0. The molecular formula is C12H24O2. The monoisotopic (exact) mass is 200 g/mol. The van der Waals surface area contributed by atoms with Gasteiger partial charge in [0.1, 0.15) is 0 Å². The highest BCUT2D eigenvalue weighted by Gasteiger charge is 2.35. The van der Waals surface area contributed by atoms with Crippen molar-refractivity contribution in [1.82, 2.24) is 0 Å². The molecule has 0 saturated carbocycles. The van der Waals surface area contributed by atoms with Crippen LogP contribution in [0.5, 0.6) is 0 Å². The van der Waals surface area contributed by atoms with E-state index in [0.717, 1.165) is 32.5 Å². The lowest BCUT2D eigenvalue weighted by molar-refractivity contribution is -0.281. The van der Waals surface area contributed by atoms with Crippen LogP contribution in [0.25, 0.3) is 0 Å². The van der Waals surface area contributed by atoms with Gasteiger partial charge in [0, 0.05) is 12.8 Å². The van der Waals surface area contributed by atoms with Gasteiger partial charge in [0.05, 0.1) is 13.2 Å². The number of rotatable bonds is 4. The molecule has 1 saturated heterocycles. The van der Waals surface area contributed by atoms with Crippen molar-refractivity contribution in [2.45, 2.75) is 52.7 Å². The van der Waals surface area contributed by atoms with E-state index in [0.29, 0.717) is 11.8 Å². The lowest BCUT2D eigenvalue weighted by atomic mass is 9.93. The van der Waals surface area contributed by atoms with E-state index in [1.165, 1.54) is 0 Å². The molecule has 1 aliphatic rings. The summed E-state index contributed by atoms with van der Waals surface area (Å²) in [4.78, 5) is 0. The topological polar surface area (TPSA) is 18.5 Å². The van der Waals surface area contributed by atoms with Crippen LogP contribution in [0, 0.1) is 11.8 Å². The average molecular weight is 200 g/mol. The van der Waals surface area contributed by atoms with Crippen molar-refractivity contribution in [3.05, 3.63) is 0 Å². The van der Waals surface area contributed by atoms with Crippen molar-refractivity contribution in [2.24, 2.45) is 11.8 Å². The second kappa shape index (κ2) is 5.13. The van der Waals surface area contributed by atoms with E-state index >= 15 is 0 Å². The molecule has 0 aromatic carbocycles. The van der Waals surface area contributed by atoms with Gasteiger partial charge in [-0.2, -0.15) is 0 Å². The lowest BCUT2D eigenvalue weighted by Gasteiger charge is -2.39. The predicted molar refractivity (Wildman–Crippen MR) is 58.2 cm³/mol. The molecule has 0 radical (unpaired) electrons. The molecule has 1 heterocycles. The summed E-state index contributed by atoms with van der Waals surface area (Å²) in [6, 6.07) is 0. The summed E-state index contributed by atoms with van der Waals surface area (Å²) in [6.45, 7) is 10.6. The van der Waals surface area contributed by atoms with E-state index in [9.17, 15) is 0 Å². The van der Waals surface area contributed by atoms with E-state index in [1.54, 1.807) is 0 Å². The van der Waals surface area contributed by atoms with Gasteiger partial charge in [-0.05, 0) is 18.3 Å². The Kier molecular flexibility index (Phi) is 4.39. The summed E-state index contributed by atoms with van der Waals surface area (Å²) >= 11 is 0. The van der Waals surface area contributed by atoms with Crippen molar-refractivity contribution in [2.75, 3.05) is 13.2 Å². The van der Waals surface area contributed by atoms with Crippen LogP contribution in [-0.4, -0.2) is 19.0 Å². The first-order chi connectivity index (χ1) is 6.54. The Morgan fingerprint density at radius 3 is 1.71 bits per heavy atom.